The van der Waals surface area contributed by atoms with Gasteiger partial charge in [0.2, 0.25) is 0 Å². The molecular weight excluding hydrogens is 480 g/mol. The number of nitrogens with one attached hydrogen (secondary N) is 2. The Labute approximate surface area is 210 Å². The van der Waals surface area contributed by atoms with Gasteiger partial charge in [0, 0.05) is 17.8 Å². The highest BCUT2D eigenvalue weighted by Gasteiger charge is 2.36. The molecule has 11 nitrogen and oxygen atoms in total. The van der Waals surface area contributed by atoms with Gasteiger partial charge in [-0.25, -0.2) is 9.69 Å². The molecule has 0 aromatic heterocycles. The van der Waals surface area contributed by atoms with E-state index in [1.165, 1.54) is 18.2 Å². The number of non-ortho nitro benzene ring substituents is 1. The molecule has 0 atom stereocenters. The Morgan fingerprint density at radius 3 is 2.41 bits per heavy atom. The van der Waals surface area contributed by atoms with Crippen LogP contribution in [-0.4, -0.2) is 35.3 Å². The lowest BCUT2D eigenvalue weighted by molar-refractivity contribution is -0.384. The van der Waals surface area contributed by atoms with Crippen LogP contribution in [0.25, 0.3) is 6.08 Å². The zero-order chi connectivity index (χ0) is 26.5. The maximum Gasteiger partial charge on any atom is 0.335 e. The summed E-state index contributed by atoms with van der Waals surface area (Å²) in [4.78, 5) is 60.7. The molecule has 37 heavy (non-hydrogen) atoms. The minimum absolute atomic E-state index is 0.0687. The molecule has 0 radical (unpaired) electrons. The zero-order valence-electron chi connectivity index (χ0n) is 19.5. The molecule has 0 unspecified atom stereocenters. The number of anilines is 2. The van der Waals surface area contributed by atoms with Gasteiger partial charge in [-0.2, -0.15) is 0 Å². The van der Waals surface area contributed by atoms with E-state index in [1.807, 2.05) is 25.1 Å². The number of carbonyl (C=O) groups excluding carboxylic acids is 4. The Balaban J connectivity index is 1.43. The van der Waals surface area contributed by atoms with Crippen molar-refractivity contribution in [3.05, 3.63) is 99.6 Å². The summed E-state index contributed by atoms with van der Waals surface area (Å²) in [7, 11) is 0. The fraction of sp³-hybridized carbons (Fsp3) is 0.0769. The minimum atomic E-state index is -0.964. The van der Waals surface area contributed by atoms with E-state index in [2.05, 4.69) is 10.6 Å². The molecule has 11 heteroatoms. The molecule has 3 aromatic carbocycles. The van der Waals surface area contributed by atoms with Crippen molar-refractivity contribution in [2.45, 2.75) is 6.92 Å². The topological polar surface area (TPSA) is 148 Å². The maximum atomic E-state index is 13.0. The van der Waals surface area contributed by atoms with Crippen LogP contribution in [-0.2, 0) is 14.4 Å². The summed E-state index contributed by atoms with van der Waals surface area (Å²) in [6.07, 6.45) is 1.30. The molecule has 0 saturated carbocycles. The number of hydrogen-bond donors (Lipinski definition) is 2. The Kier molecular flexibility index (Phi) is 7.05. The summed E-state index contributed by atoms with van der Waals surface area (Å²) in [5, 5.41) is 15.7. The molecule has 5 amide bonds. The van der Waals surface area contributed by atoms with Crippen molar-refractivity contribution < 1.29 is 28.8 Å². The number of carbonyl (C=O) groups is 4. The quantitative estimate of drug-likeness (QED) is 0.218. The van der Waals surface area contributed by atoms with E-state index in [9.17, 15) is 29.3 Å². The highest BCUT2D eigenvalue weighted by molar-refractivity contribution is 6.39. The summed E-state index contributed by atoms with van der Waals surface area (Å²) in [6, 6.07) is 17.4. The largest absolute Gasteiger partial charge is 0.484 e. The minimum Gasteiger partial charge on any atom is -0.484 e. The van der Waals surface area contributed by atoms with Gasteiger partial charge in [-0.15, -0.1) is 0 Å². The standard InChI is InChI=1S/C26H20N4O7/c1-16-3-2-4-18(13-16)27-23(31)15-37-21-11-5-17(6-12-21)14-22-24(32)28-26(34)29(25(22)33)19-7-9-20(10-8-19)30(35)36/h2-14H,15H2,1H3,(H,27,31)(H,28,32,34). The normalized spacial score (nSPS) is 14.4. The van der Waals surface area contributed by atoms with E-state index >= 15 is 0 Å². The predicted molar refractivity (Wildman–Crippen MR) is 134 cm³/mol. The average molecular weight is 500 g/mol. The molecule has 1 heterocycles. The number of aryl methyl sites for hydroxylation is 1. The number of nitrogens with zero attached hydrogens (tertiary/aromatic N) is 2. The number of nitro benzene ring substituents is 1. The van der Waals surface area contributed by atoms with Crippen molar-refractivity contribution in [2.24, 2.45) is 0 Å². The van der Waals surface area contributed by atoms with Gasteiger partial charge in [-0.3, -0.25) is 29.8 Å². The first-order chi connectivity index (χ1) is 17.7. The van der Waals surface area contributed by atoms with Crippen molar-refractivity contribution in [2.75, 3.05) is 16.8 Å². The summed E-state index contributed by atoms with van der Waals surface area (Å²) < 4.78 is 5.49. The molecule has 0 spiro atoms. The van der Waals surface area contributed by atoms with E-state index in [0.717, 1.165) is 22.6 Å². The van der Waals surface area contributed by atoms with Crippen LogP contribution in [0.4, 0.5) is 21.9 Å². The zero-order valence-corrected chi connectivity index (χ0v) is 19.5. The lowest BCUT2D eigenvalue weighted by Gasteiger charge is -2.26. The van der Waals surface area contributed by atoms with E-state index in [0.29, 0.717) is 17.0 Å². The number of benzene rings is 3. The van der Waals surface area contributed by atoms with Gasteiger partial charge < -0.3 is 10.1 Å². The van der Waals surface area contributed by atoms with Crippen LogP contribution in [0, 0.1) is 17.0 Å². The van der Waals surface area contributed by atoms with Gasteiger partial charge in [-0.05, 0) is 60.5 Å². The Bertz CT molecular complexity index is 1430. The summed E-state index contributed by atoms with van der Waals surface area (Å²) in [5.74, 6) is -1.70. The van der Waals surface area contributed by atoms with Crippen molar-refractivity contribution in [3.63, 3.8) is 0 Å². The van der Waals surface area contributed by atoms with Crippen LogP contribution in [0.15, 0.2) is 78.4 Å². The average Bonchev–Trinajstić information content (AvgIpc) is 2.86. The molecular formula is C26H20N4O7. The van der Waals surface area contributed by atoms with Gasteiger partial charge in [0.1, 0.15) is 11.3 Å². The molecule has 0 bridgehead atoms. The number of ether oxygens (including phenoxy) is 1. The predicted octanol–water partition coefficient (Wildman–Crippen LogP) is 3.59. The van der Waals surface area contributed by atoms with Gasteiger partial charge in [-0.1, -0.05) is 24.3 Å². The Morgan fingerprint density at radius 1 is 1.05 bits per heavy atom. The van der Waals surface area contributed by atoms with Crippen LogP contribution < -0.4 is 20.3 Å². The van der Waals surface area contributed by atoms with Crippen LogP contribution >= 0.6 is 0 Å². The van der Waals surface area contributed by atoms with E-state index in [4.69, 9.17) is 4.74 Å². The van der Waals surface area contributed by atoms with Crippen molar-refractivity contribution >= 4 is 46.9 Å². The van der Waals surface area contributed by atoms with Gasteiger partial charge >= 0.3 is 6.03 Å². The first-order valence-electron chi connectivity index (χ1n) is 11.0. The fourth-order valence-electron chi connectivity index (χ4n) is 3.51. The van der Waals surface area contributed by atoms with E-state index in [-0.39, 0.29) is 29.5 Å². The number of imide groups is 2. The third kappa shape index (κ3) is 5.85. The van der Waals surface area contributed by atoms with Gasteiger partial charge in [0.25, 0.3) is 23.4 Å². The van der Waals surface area contributed by atoms with E-state index < -0.39 is 22.8 Å². The maximum absolute atomic E-state index is 13.0. The smallest absolute Gasteiger partial charge is 0.335 e. The van der Waals surface area contributed by atoms with Crippen LogP contribution in [0.2, 0.25) is 0 Å². The van der Waals surface area contributed by atoms with Crippen LogP contribution in [0.1, 0.15) is 11.1 Å². The van der Waals surface area contributed by atoms with Crippen molar-refractivity contribution in [1.82, 2.24) is 5.32 Å². The number of amides is 5. The Morgan fingerprint density at radius 2 is 1.76 bits per heavy atom. The first kappa shape index (κ1) is 24.8. The molecule has 2 N–H and O–H groups in total. The van der Waals surface area contributed by atoms with E-state index in [1.54, 1.807) is 30.3 Å². The lowest BCUT2D eigenvalue weighted by atomic mass is 10.1. The number of nitro groups is 1. The molecule has 1 saturated heterocycles. The SMILES string of the molecule is Cc1cccc(NC(=O)COc2ccc(C=C3C(=O)NC(=O)N(c4ccc([N+](=O)[O-])cc4)C3=O)cc2)c1. The van der Waals surface area contributed by atoms with Crippen molar-refractivity contribution in [3.8, 4) is 5.75 Å². The summed E-state index contributed by atoms with van der Waals surface area (Å²) >= 11 is 0. The van der Waals surface area contributed by atoms with Gasteiger partial charge in [0.15, 0.2) is 6.61 Å². The molecule has 3 aromatic rings. The monoisotopic (exact) mass is 500 g/mol. The highest BCUT2D eigenvalue weighted by Crippen LogP contribution is 2.24. The second-order valence-electron chi connectivity index (χ2n) is 8.01. The molecule has 4 rings (SSSR count). The number of hydrogen-bond acceptors (Lipinski definition) is 7. The second kappa shape index (κ2) is 10.5. The molecule has 1 fully saturated rings. The van der Waals surface area contributed by atoms with Crippen LogP contribution in [0.3, 0.4) is 0 Å². The first-order valence-corrected chi connectivity index (χ1v) is 11.0. The summed E-state index contributed by atoms with van der Waals surface area (Å²) in [6.45, 7) is 1.69. The molecule has 186 valence electrons. The summed E-state index contributed by atoms with van der Waals surface area (Å²) in [5.41, 5.74) is 1.69. The molecule has 1 aliphatic heterocycles. The highest BCUT2D eigenvalue weighted by atomic mass is 16.6. The lowest BCUT2D eigenvalue weighted by Crippen LogP contribution is -2.54. The fourth-order valence-corrected chi connectivity index (χ4v) is 3.51. The third-order valence-electron chi connectivity index (χ3n) is 5.28. The second-order valence-corrected chi connectivity index (χ2v) is 8.01. The molecule has 0 aliphatic carbocycles. The molecule has 1 aliphatic rings. The Hall–Kier alpha value is -5.32. The number of rotatable bonds is 7. The third-order valence-corrected chi connectivity index (χ3v) is 5.28. The van der Waals surface area contributed by atoms with Crippen LogP contribution in [0.5, 0.6) is 5.75 Å². The van der Waals surface area contributed by atoms with Gasteiger partial charge in [0.05, 0.1) is 10.6 Å². The van der Waals surface area contributed by atoms with Crippen molar-refractivity contribution in [1.29, 1.82) is 0 Å². The number of barbiturate groups is 1. The number of urea groups is 1.